The van der Waals surface area contributed by atoms with E-state index in [1.807, 2.05) is 62.4 Å². The predicted molar refractivity (Wildman–Crippen MR) is 86.5 cm³/mol. The quantitative estimate of drug-likeness (QED) is 0.880. The van der Waals surface area contributed by atoms with E-state index >= 15 is 0 Å². The Morgan fingerprint density at radius 3 is 1.60 bits per heavy atom. The molecule has 0 radical (unpaired) electrons. The summed E-state index contributed by atoms with van der Waals surface area (Å²) in [6, 6.07) is 15.8. The van der Waals surface area contributed by atoms with E-state index in [0.717, 1.165) is 21.7 Å². The van der Waals surface area contributed by atoms with Gasteiger partial charge in [-0.05, 0) is 35.6 Å². The molecule has 0 atom stereocenters. The molecule has 0 fully saturated rings. The number of rotatable bonds is 4. The van der Waals surface area contributed by atoms with Gasteiger partial charge in [0.2, 0.25) is 10.0 Å². The minimum absolute atomic E-state index is 1.04. The second kappa shape index (κ2) is 6.04. The summed E-state index contributed by atoms with van der Waals surface area (Å²) in [6.45, 7) is 4.01. The Morgan fingerprint density at radius 2 is 1.25 bits per heavy atom. The maximum atomic E-state index is 11.7. The highest BCUT2D eigenvalue weighted by Gasteiger charge is 2.21. The Labute approximate surface area is 121 Å². The van der Waals surface area contributed by atoms with Crippen LogP contribution in [0.3, 0.4) is 0 Å². The van der Waals surface area contributed by atoms with Gasteiger partial charge in [-0.1, -0.05) is 48.5 Å². The summed E-state index contributed by atoms with van der Waals surface area (Å²) in [5.74, 6) is 0. The van der Waals surface area contributed by atoms with Crippen molar-refractivity contribution in [1.82, 2.24) is 4.49 Å². The molecule has 1 N–H and O–H groups in total. The van der Waals surface area contributed by atoms with E-state index < -0.39 is 18.1 Å². The van der Waals surface area contributed by atoms with Gasteiger partial charge in [0.1, 0.15) is 0 Å². The average molecular weight is 307 g/mol. The Balaban J connectivity index is 2.57. The molecule has 0 aliphatic carbocycles. The summed E-state index contributed by atoms with van der Waals surface area (Å²) in [5.41, 5.74) is 2.19. The monoisotopic (exact) mass is 307 g/mol. The van der Waals surface area contributed by atoms with Crippen LogP contribution in [0.1, 0.15) is 11.1 Å². The number of hydrogen-bond acceptors (Lipinski definition) is 2. The Morgan fingerprint density at radius 1 is 0.850 bits per heavy atom. The van der Waals surface area contributed by atoms with Crippen molar-refractivity contribution in [3.63, 3.8) is 0 Å². The van der Waals surface area contributed by atoms with Crippen LogP contribution in [-0.2, 0) is 10.0 Å². The van der Waals surface area contributed by atoms with Crippen LogP contribution in [0, 0.1) is 13.8 Å². The zero-order valence-corrected chi connectivity index (χ0v) is 13.5. The van der Waals surface area contributed by atoms with Crippen LogP contribution in [0.2, 0.25) is 0 Å². The first-order chi connectivity index (χ1) is 9.38. The Hall–Kier alpha value is -1.22. The van der Waals surface area contributed by atoms with Crippen molar-refractivity contribution in [1.29, 1.82) is 0 Å². The third kappa shape index (κ3) is 3.66. The van der Waals surface area contributed by atoms with Gasteiger partial charge in [-0.15, -0.1) is 0 Å². The molecule has 0 saturated heterocycles. The van der Waals surface area contributed by atoms with Crippen LogP contribution in [0.15, 0.2) is 48.5 Å². The highest BCUT2D eigenvalue weighted by molar-refractivity contribution is 7.97. The van der Waals surface area contributed by atoms with Crippen LogP contribution in [0.25, 0.3) is 0 Å². The Bertz CT molecular complexity index is 668. The zero-order chi connectivity index (χ0) is 14.8. The van der Waals surface area contributed by atoms with Gasteiger partial charge < -0.3 is 0 Å². The molecule has 3 nitrogen and oxygen atoms in total. The van der Waals surface area contributed by atoms with Crippen LogP contribution < -0.4 is 15.1 Å². The highest BCUT2D eigenvalue weighted by Crippen LogP contribution is 2.32. The van der Waals surface area contributed by atoms with E-state index in [1.165, 1.54) is 6.26 Å². The first-order valence-electron chi connectivity index (χ1n) is 6.27. The fourth-order valence-corrected chi connectivity index (χ4v) is 5.72. The summed E-state index contributed by atoms with van der Waals surface area (Å²) in [6.07, 6.45) is 1.21. The molecular weight excluding hydrogens is 289 g/mol. The van der Waals surface area contributed by atoms with Crippen molar-refractivity contribution in [3.8, 4) is 0 Å². The van der Waals surface area contributed by atoms with Crippen molar-refractivity contribution in [2.24, 2.45) is 0 Å². The molecule has 2 aromatic rings. The summed E-state index contributed by atoms with van der Waals surface area (Å²) >= 11 is 0. The maximum Gasteiger partial charge on any atom is 0.212 e. The van der Waals surface area contributed by atoms with Crippen LogP contribution in [-0.4, -0.2) is 14.7 Å². The third-order valence-electron chi connectivity index (χ3n) is 2.97. The van der Waals surface area contributed by atoms with E-state index in [0.29, 0.717) is 0 Å². The molecule has 0 saturated carbocycles. The number of hydrogen-bond donors (Lipinski definition) is 1. The van der Waals surface area contributed by atoms with Gasteiger partial charge in [-0.2, -0.15) is 4.49 Å². The van der Waals surface area contributed by atoms with Gasteiger partial charge in [0.05, 0.1) is 6.26 Å². The van der Waals surface area contributed by atoms with Crippen molar-refractivity contribution in [2.75, 3.05) is 6.26 Å². The number of aryl methyl sites for hydroxylation is 2. The third-order valence-corrected chi connectivity index (χ3v) is 6.99. The number of benzene rings is 2. The molecule has 0 unspecified atom stereocenters. The van der Waals surface area contributed by atoms with Crippen molar-refractivity contribution >= 4 is 28.7 Å². The van der Waals surface area contributed by atoms with Gasteiger partial charge >= 0.3 is 0 Å². The van der Waals surface area contributed by atoms with Crippen LogP contribution in [0.5, 0.6) is 0 Å². The van der Waals surface area contributed by atoms with E-state index in [2.05, 4.69) is 4.49 Å². The van der Waals surface area contributed by atoms with Gasteiger partial charge in [-0.25, -0.2) is 8.42 Å². The summed E-state index contributed by atoms with van der Waals surface area (Å²) < 4.78 is 26.2. The minimum Gasteiger partial charge on any atom is -0.212 e. The fraction of sp³-hybridized carbons (Fsp3) is 0.200. The lowest BCUT2D eigenvalue weighted by molar-refractivity contribution is 0.600. The van der Waals surface area contributed by atoms with Crippen LogP contribution in [0.4, 0.5) is 0 Å². The fourth-order valence-electron chi connectivity index (χ4n) is 2.02. The van der Waals surface area contributed by atoms with Crippen molar-refractivity contribution in [2.45, 2.75) is 13.8 Å². The second-order valence-electron chi connectivity index (χ2n) is 4.77. The zero-order valence-electron chi connectivity index (χ0n) is 11.8. The molecular formula is C15H18NO2PS. The predicted octanol–water partition coefficient (Wildman–Crippen LogP) is 2.20. The minimum atomic E-state index is -3.27. The average Bonchev–Trinajstić information content (AvgIpc) is 2.37. The number of sulfonamides is 1. The van der Waals surface area contributed by atoms with Crippen LogP contribution >= 0.6 is 8.07 Å². The van der Waals surface area contributed by atoms with Gasteiger partial charge in [0.25, 0.3) is 0 Å². The second-order valence-corrected chi connectivity index (χ2v) is 8.68. The normalized spacial score (nSPS) is 11.8. The molecule has 0 aliphatic heterocycles. The van der Waals surface area contributed by atoms with E-state index in [9.17, 15) is 8.42 Å². The van der Waals surface area contributed by atoms with E-state index in [-0.39, 0.29) is 0 Å². The lowest BCUT2D eigenvalue weighted by atomic mass is 10.2. The van der Waals surface area contributed by atoms with Crippen molar-refractivity contribution < 1.29 is 8.42 Å². The number of nitrogens with one attached hydrogen (secondary N) is 1. The highest BCUT2D eigenvalue weighted by atomic mass is 32.2. The topological polar surface area (TPSA) is 46.2 Å². The van der Waals surface area contributed by atoms with Gasteiger partial charge in [0.15, 0.2) is 0 Å². The van der Waals surface area contributed by atoms with E-state index in [4.69, 9.17) is 0 Å². The maximum absolute atomic E-state index is 11.7. The van der Waals surface area contributed by atoms with Crippen molar-refractivity contribution in [3.05, 3.63) is 59.7 Å². The summed E-state index contributed by atoms with van der Waals surface area (Å²) in [5, 5.41) is 2.09. The molecule has 0 aromatic heterocycles. The smallest absolute Gasteiger partial charge is 0.212 e. The standard InChI is InChI=1S/C15H18NO2PS/c1-12-8-4-6-10-14(12)19(16-20(3,17)18)15-11-7-5-9-13(15)2/h4-11,16H,1-3H3. The molecule has 0 heterocycles. The molecule has 5 heteroatoms. The molecule has 2 rings (SSSR count). The molecule has 0 aliphatic rings. The molecule has 106 valence electrons. The van der Waals surface area contributed by atoms with Gasteiger partial charge in [-0.3, -0.25) is 0 Å². The molecule has 20 heavy (non-hydrogen) atoms. The molecule has 2 aromatic carbocycles. The van der Waals surface area contributed by atoms with E-state index in [1.54, 1.807) is 0 Å². The molecule has 0 spiro atoms. The first kappa shape index (κ1) is 15.2. The SMILES string of the molecule is Cc1ccccc1P(NS(C)(=O)=O)c1ccccc1C. The largest absolute Gasteiger partial charge is 0.212 e. The first-order valence-corrected chi connectivity index (χ1v) is 9.50. The molecule has 0 amide bonds. The summed E-state index contributed by atoms with van der Waals surface area (Å²) in [7, 11) is -4.39. The lowest BCUT2D eigenvalue weighted by Gasteiger charge is -2.22. The molecule has 0 bridgehead atoms. The Kier molecular flexibility index (Phi) is 4.59. The lowest BCUT2D eigenvalue weighted by Crippen LogP contribution is -2.29. The van der Waals surface area contributed by atoms with Gasteiger partial charge in [0, 0.05) is 8.07 Å². The summed E-state index contributed by atoms with van der Waals surface area (Å²) in [4.78, 5) is 0.